The first kappa shape index (κ1) is 25.6. The second-order valence-corrected chi connectivity index (χ2v) is 6.77. The molecule has 0 saturated carbocycles. The van der Waals surface area contributed by atoms with E-state index in [-0.39, 0.29) is 36.0 Å². The number of allylic oxidation sites excluding steroid dienone is 3. The largest absolute Gasteiger partial charge is 0.490 e. The Hall–Kier alpha value is -3.63. The van der Waals surface area contributed by atoms with Crippen LogP contribution in [0.4, 0.5) is 17.6 Å². The van der Waals surface area contributed by atoms with Gasteiger partial charge in [-0.25, -0.2) is 24.3 Å². The van der Waals surface area contributed by atoms with Gasteiger partial charge in [0.25, 0.3) is 5.91 Å². The Morgan fingerprint density at radius 3 is 2.55 bits per heavy atom. The fraction of sp³-hybridized carbons (Fsp3) is 0.318. The Balaban J connectivity index is 2.15. The first-order valence-corrected chi connectivity index (χ1v) is 9.91. The lowest BCUT2D eigenvalue weighted by atomic mass is 10.1. The molecule has 0 unspecified atom stereocenters. The lowest BCUT2D eigenvalue weighted by Gasteiger charge is -2.28. The maximum Gasteiger partial charge on any atom is 0.433 e. The maximum atomic E-state index is 13.9. The van der Waals surface area contributed by atoms with Crippen molar-refractivity contribution in [1.29, 1.82) is 0 Å². The minimum atomic E-state index is -4.59. The molecule has 7 nitrogen and oxygen atoms in total. The van der Waals surface area contributed by atoms with Crippen molar-refractivity contribution in [2.75, 3.05) is 13.2 Å². The van der Waals surface area contributed by atoms with Gasteiger partial charge in [-0.3, -0.25) is 4.79 Å². The fourth-order valence-corrected chi connectivity index (χ4v) is 2.82. The third-order valence-electron chi connectivity index (χ3n) is 4.42. The number of hydrogen-bond donors (Lipinski definition) is 0. The van der Waals surface area contributed by atoms with E-state index < -0.39 is 29.6 Å². The third-order valence-corrected chi connectivity index (χ3v) is 4.42. The molecular weight excluding hydrogens is 442 g/mol. The van der Waals surface area contributed by atoms with Crippen molar-refractivity contribution in [1.82, 2.24) is 19.9 Å². The minimum Gasteiger partial charge on any atom is -0.490 e. The van der Waals surface area contributed by atoms with Crippen LogP contribution >= 0.6 is 0 Å². The Kier molecular flexibility index (Phi) is 8.78. The van der Waals surface area contributed by atoms with Crippen LogP contribution in [0.5, 0.6) is 0 Å². The van der Waals surface area contributed by atoms with Crippen LogP contribution in [0.15, 0.2) is 59.8 Å². The molecule has 33 heavy (non-hydrogen) atoms. The van der Waals surface area contributed by atoms with E-state index >= 15 is 0 Å². The molecule has 11 heteroatoms. The summed E-state index contributed by atoms with van der Waals surface area (Å²) < 4.78 is 57.5. The van der Waals surface area contributed by atoms with E-state index in [0.29, 0.717) is 0 Å². The summed E-state index contributed by atoms with van der Waals surface area (Å²) in [6.07, 6.45) is 0.999. The summed E-state index contributed by atoms with van der Waals surface area (Å²) in [5, 5.41) is 0. The molecule has 0 aliphatic rings. The van der Waals surface area contributed by atoms with Gasteiger partial charge < -0.3 is 9.64 Å². The number of halogens is 4. The van der Waals surface area contributed by atoms with Crippen molar-refractivity contribution in [3.8, 4) is 11.5 Å². The molecule has 2 aromatic rings. The highest BCUT2D eigenvalue weighted by atomic mass is 19.4. The van der Waals surface area contributed by atoms with Crippen molar-refractivity contribution < 1.29 is 27.1 Å². The Bertz CT molecular complexity index is 1040. The highest BCUT2D eigenvalue weighted by Gasteiger charge is 2.32. The van der Waals surface area contributed by atoms with Gasteiger partial charge in [-0.15, -0.1) is 0 Å². The Morgan fingerprint density at radius 1 is 1.30 bits per heavy atom. The summed E-state index contributed by atoms with van der Waals surface area (Å²) in [5.74, 6) is -1.18. The summed E-state index contributed by atoms with van der Waals surface area (Å²) >= 11 is 0. The molecule has 0 aliphatic heterocycles. The topological polar surface area (TPSA) is 80.6 Å². The highest BCUT2D eigenvalue weighted by Crippen LogP contribution is 2.26. The normalized spacial score (nSPS) is 13.1. The molecule has 2 aromatic heterocycles. The standard InChI is InChI=1S/C22H23F4N5O2/c1-5-18(22(24,25)26)29-11-15(4)33-13-14(3)31(6-2)21(32)17-10-16(23)12-30-19(17)20-27-8-7-9-28-20/h5,7-12,14H,4,6,13H2,1-3H3/b18-5-,29-11?/t14-/m0/s1. The van der Waals surface area contributed by atoms with E-state index in [0.717, 1.165) is 24.6 Å². The molecule has 0 aromatic carbocycles. The first-order valence-electron chi connectivity index (χ1n) is 9.91. The first-order chi connectivity index (χ1) is 15.6. The summed E-state index contributed by atoms with van der Waals surface area (Å²) in [4.78, 5) is 30.1. The molecule has 1 atom stereocenters. The van der Waals surface area contributed by atoms with Crippen LogP contribution in [-0.4, -0.2) is 57.3 Å². The Labute approximate surface area is 188 Å². The van der Waals surface area contributed by atoms with Crippen LogP contribution in [0.1, 0.15) is 31.1 Å². The summed E-state index contributed by atoms with van der Waals surface area (Å²) in [6.45, 7) is 8.29. The van der Waals surface area contributed by atoms with Gasteiger partial charge in [-0.05, 0) is 32.9 Å². The van der Waals surface area contributed by atoms with E-state index in [1.165, 1.54) is 24.2 Å². The number of aromatic nitrogens is 3. The second-order valence-electron chi connectivity index (χ2n) is 6.77. The van der Waals surface area contributed by atoms with Gasteiger partial charge in [0, 0.05) is 18.9 Å². The zero-order chi connectivity index (χ0) is 24.6. The number of alkyl halides is 3. The van der Waals surface area contributed by atoms with Crippen molar-refractivity contribution in [3.63, 3.8) is 0 Å². The van der Waals surface area contributed by atoms with E-state index in [1.54, 1.807) is 19.9 Å². The molecule has 0 radical (unpaired) electrons. The number of rotatable bonds is 9. The average Bonchev–Trinajstić information content (AvgIpc) is 2.78. The van der Waals surface area contributed by atoms with Gasteiger partial charge in [-0.2, -0.15) is 13.2 Å². The quantitative estimate of drug-likeness (QED) is 0.307. The molecule has 0 bridgehead atoms. The van der Waals surface area contributed by atoms with Gasteiger partial charge in [-0.1, -0.05) is 12.7 Å². The molecule has 2 heterocycles. The third kappa shape index (κ3) is 6.93. The average molecular weight is 465 g/mol. The molecule has 1 amide bonds. The number of pyridine rings is 1. The van der Waals surface area contributed by atoms with E-state index in [4.69, 9.17) is 4.74 Å². The smallest absolute Gasteiger partial charge is 0.433 e. The molecular formula is C22H23F4N5O2. The van der Waals surface area contributed by atoms with Crippen molar-refractivity contribution in [2.24, 2.45) is 4.99 Å². The van der Waals surface area contributed by atoms with Crippen molar-refractivity contribution in [3.05, 3.63) is 66.2 Å². The summed E-state index contributed by atoms with van der Waals surface area (Å²) in [5.41, 5.74) is -0.991. The van der Waals surface area contributed by atoms with E-state index in [1.807, 2.05) is 0 Å². The van der Waals surface area contributed by atoms with Crippen LogP contribution in [0.25, 0.3) is 11.5 Å². The second kappa shape index (κ2) is 11.3. The maximum absolute atomic E-state index is 13.9. The summed E-state index contributed by atoms with van der Waals surface area (Å²) in [7, 11) is 0. The highest BCUT2D eigenvalue weighted by molar-refractivity contribution is 5.99. The van der Waals surface area contributed by atoms with Gasteiger partial charge in [0.1, 0.15) is 29.6 Å². The molecule has 0 saturated heterocycles. The predicted octanol–water partition coefficient (Wildman–Crippen LogP) is 4.60. The number of aliphatic imine (C=N–C) groups is 1. The predicted molar refractivity (Wildman–Crippen MR) is 115 cm³/mol. The lowest BCUT2D eigenvalue weighted by Crippen LogP contribution is -2.41. The number of carbonyl (C=O) groups is 1. The van der Waals surface area contributed by atoms with Gasteiger partial charge in [0.2, 0.25) is 0 Å². The van der Waals surface area contributed by atoms with Crippen LogP contribution in [0, 0.1) is 5.82 Å². The number of carbonyl (C=O) groups excluding carboxylic acids is 1. The Morgan fingerprint density at radius 2 is 1.97 bits per heavy atom. The zero-order valence-corrected chi connectivity index (χ0v) is 18.3. The molecule has 176 valence electrons. The monoisotopic (exact) mass is 465 g/mol. The van der Waals surface area contributed by atoms with Crippen LogP contribution in [-0.2, 0) is 4.74 Å². The van der Waals surface area contributed by atoms with Crippen molar-refractivity contribution >= 4 is 12.1 Å². The molecule has 0 aliphatic carbocycles. The number of nitrogens with zero attached hydrogens (tertiary/aromatic N) is 5. The van der Waals surface area contributed by atoms with Crippen LogP contribution in [0.2, 0.25) is 0 Å². The van der Waals surface area contributed by atoms with Crippen LogP contribution in [0.3, 0.4) is 0 Å². The fourth-order valence-electron chi connectivity index (χ4n) is 2.82. The number of likely N-dealkylation sites (N-methyl/N-ethyl adjacent to an activating group) is 1. The number of amides is 1. The zero-order valence-electron chi connectivity index (χ0n) is 18.3. The van der Waals surface area contributed by atoms with Gasteiger partial charge in [0.05, 0.1) is 24.0 Å². The molecule has 0 fully saturated rings. The summed E-state index contributed by atoms with van der Waals surface area (Å²) in [6, 6.07) is 2.11. The van der Waals surface area contributed by atoms with Crippen LogP contribution < -0.4 is 0 Å². The number of hydrogen-bond acceptors (Lipinski definition) is 6. The minimum absolute atomic E-state index is 0.0295. The lowest BCUT2D eigenvalue weighted by molar-refractivity contribution is -0.0924. The van der Waals surface area contributed by atoms with Gasteiger partial charge >= 0.3 is 6.18 Å². The van der Waals surface area contributed by atoms with Crippen molar-refractivity contribution in [2.45, 2.75) is 33.0 Å². The SMILES string of the molecule is C=C(C=N/C(=C\C)C(F)(F)F)OC[C@H](C)N(CC)C(=O)c1cc(F)cnc1-c1ncccn1. The van der Waals surface area contributed by atoms with E-state index in [2.05, 4.69) is 26.5 Å². The molecule has 0 N–H and O–H groups in total. The van der Waals surface area contributed by atoms with Gasteiger partial charge in [0.15, 0.2) is 5.82 Å². The number of ether oxygens (including phenoxy) is 1. The molecule has 2 rings (SSSR count). The molecule has 0 spiro atoms. The van der Waals surface area contributed by atoms with E-state index in [9.17, 15) is 22.4 Å².